The molecule has 5 heteroatoms. The molecule has 1 rings (SSSR count). The molecule has 1 aromatic rings. The average molecular weight is 210 g/mol. The van der Waals surface area contributed by atoms with Crippen LogP contribution in [-0.4, -0.2) is 15.1 Å². The summed E-state index contributed by atoms with van der Waals surface area (Å²) in [5, 5.41) is 6.95. The van der Waals surface area contributed by atoms with Crippen molar-refractivity contribution in [3.8, 4) is 0 Å². The van der Waals surface area contributed by atoms with Crippen LogP contribution in [0.25, 0.3) is 0 Å². The zero-order chi connectivity index (χ0) is 5.28. The Morgan fingerprint density at radius 1 is 1.86 bits per heavy atom. The van der Waals surface area contributed by atoms with E-state index in [-0.39, 0.29) is 0 Å². The molecule has 0 aliphatic heterocycles. The Hall–Kier alpha value is -0.330. The first-order chi connectivity index (χ1) is 3.30. The van der Waals surface area contributed by atoms with Crippen molar-refractivity contribution >= 4 is 22.6 Å². The van der Waals surface area contributed by atoms with Crippen LogP contribution in [0.5, 0.6) is 0 Å². The summed E-state index contributed by atoms with van der Waals surface area (Å²) in [6, 6.07) is 0. The molecule has 0 aliphatic rings. The van der Waals surface area contributed by atoms with Gasteiger partial charge in [0.05, 0.1) is 6.20 Å². The molecular formula is C2H3IN4. The van der Waals surface area contributed by atoms with Crippen LogP contribution < -0.4 is 5.84 Å². The van der Waals surface area contributed by atoms with E-state index in [1.54, 1.807) is 6.20 Å². The monoisotopic (exact) mass is 210 g/mol. The highest BCUT2D eigenvalue weighted by Crippen LogP contribution is 1.93. The van der Waals surface area contributed by atoms with Crippen molar-refractivity contribution in [2.75, 3.05) is 5.84 Å². The number of aromatic nitrogens is 3. The topological polar surface area (TPSA) is 56.7 Å². The van der Waals surface area contributed by atoms with E-state index in [0.29, 0.717) is 0 Å². The lowest BCUT2D eigenvalue weighted by molar-refractivity contribution is 0.752. The average Bonchev–Trinajstić information content (AvgIpc) is 1.91. The molecule has 4 nitrogen and oxygen atoms in total. The van der Waals surface area contributed by atoms with E-state index < -0.39 is 0 Å². The fourth-order valence-corrected chi connectivity index (χ4v) is 0.452. The lowest BCUT2D eigenvalue weighted by Crippen LogP contribution is -2.11. The molecule has 7 heavy (non-hydrogen) atoms. The first-order valence-electron chi connectivity index (χ1n) is 1.62. The molecule has 2 N–H and O–H groups in total. The fourth-order valence-electron chi connectivity index (χ4n) is 0.231. The minimum absolute atomic E-state index is 0.831. The first-order valence-corrected chi connectivity index (χ1v) is 2.70. The molecule has 0 spiro atoms. The molecule has 0 atom stereocenters. The molecule has 0 saturated carbocycles. The Labute approximate surface area is 53.8 Å². The van der Waals surface area contributed by atoms with Gasteiger partial charge in [0.25, 0.3) is 0 Å². The van der Waals surface area contributed by atoms with Gasteiger partial charge in [0.1, 0.15) is 3.70 Å². The maximum absolute atomic E-state index is 5.18. The van der Waals surface area contributed by atoms with Crippen molar-refractivity contribution in [3.05, 3.63) is 9.90 Å². The minimum atomic E-state index is 0.831. The van der Waals surface area contributed by atoms with Gasteiger partial charge in [0.15, 0.2) is 0 Å². The van der Waals surface area contributed by atoms with Crippen LogP contribution in [0.1, 0.15) is 0 Å². The van der Waals surface area contributed by atoms with Gasteiger partial charge in [-0.15, -0.1) is 5.10 Å². The number of nitrogen functional groups attached to an aromatic ring is 1. The van der Waals surface area contributed by atoms with Crippen LogP contribution in [0.3, 0.4) is 0 Å². The van der Waals surface area contributed by atoms with Gasteiger partial charge in [-0.1, -0.05) is 0 Å². The highest BCUT2D eigenvalue weighted by atomic mass is 127. The summed E-state index contributed by atoms with van der Waals surface area (Å²) in [7, 11) is 0. The van der Waals surface area contributed by atoms with E-state index in [1.807, 2.05) is 22.6 Å². The maximum atomic E-state index is 5.18. The number of nitrogens with zero attached hydrogens (tertiary/aromatic N) is 3. The number of hydrogen-bond donors (Lipinski definition) is 1. The quantitative estimate of drug-likeness (QED) is 0.468. The molecule has 0 fully saturated rings. The number of nitrogens with two attached hydrogens (primary N) is 1. The largest absolute Gasteiger partial charge is 0.321 e. The third kappa shape index (κ3) is 0.817. The highest BCUT2D eigenvalue weighted by Gasteiger charge is 1.88. The van der Waals surface area contributed by atoms with Crippen molar-refractivity contribution in [2.45, 2.75) is 0 Å². The summed E-state index contributed by atoms with van der Waals surface area (Å²) in [6.07, 6.45) is 1.58. The normalized spacial score (nSPS) is 9.29. The van der Waals surface area contributed by atoms with Crippen LogP contribution in [0.4, 0.5) is 0 Å². The van der Waals surface area contributed by atoms with E-state index in [4.69, 9.17) is 5.84 Å². The van der Waals surface area contributed by atoms with Gasteiger partial charge < -0.3 is 5.84 Å². The minimum Gasteiger partial charge on any atom is -0.321 e. The van der Waals surface area contributed by atoms with Crippen molar-refractivity contribution in [1.82, 2.24) is 15.1 Å². The van der Waals surface area contributed by atoms with Crippen LogP contribution >= 0.6 is 22.6 Å². The molecule has 0 saturated heterocycles. The zero-order valence-corrected chi connectivity index (χ0v) is 5.53. The van der Waals surface area contributed by atoms with E-state index in [2.05, 4.69) is 10.3 Å². The fraction of sp³-hybridized carbons (Fsp3) is 0. The van der Waals surface area contributed by atoms with Crippen molar-refractivity contribution in [3.63, 3.8) is 0 Å². The molecule has 38 valence electrons. The number of rotatable bonds is 0. The van der Waals surface area contributed by atoms with Crippen LogP contribution in [0.2, 0.25) is 0 Å². The highest BCUT2D eigenvalue weighted by molar-refractivity contribution is 14.1. The van der Waals surface area contributed by atoms with Crippen LogP contribution in [-0.2, 0) is 0 Å². The summed E-state index contributed by atoms with van der Waals surface area (Å²) in [6.45, 7) is 0. The van der Waals surface area contributed by atoms with Crippen LogP contribution in [0, 0.1) is 3.70 Å². The van der Waals surface area contributed by atoms with Gasteiger partial charge in [-0.25, -0.2) is 0 Å². The summed E-state index contributed by atoms with van der Waals surface area (Å²) in [4.78, 5) is 1.21. The molecule has 0 aliphatic carbocycles. The Morgan fingerprint density at radius 3 is 2.71 bits per heavy atom. The standard InChI is InChI=1S/C2H3IN4/c3-2-1-5-6-7(2)4/h1H,4H2. The predicted molar refractivity (Wildman–Crippen MR) is 32.9 cm³/mol. The van der Waals surface area contributed by atoms with Gasteiger partial charge in [-0.05, 0) is 27.8 Å². The summed E-state index contributed by atoms with van der Waals surface area (Å²) < 4.78 is 0.831. The lowest BCUT2D eigenvalue weighted by Gasteiger charge is -1.83. The van der Waals surface area contributed by atoms with Gasteiger partial charge in [0, 0.05) is 0 Å². The summed E-state index contributed by atoms with van der Waals surface area (Å²) in [5.74, 6) is 5.18. The van der Waals surface area contributed by atoms with Crippen molar-refractivity contribution < 1.29 is 0 Å². The molecule has 1 aromatic heterocycles. The molecule has 0 aromatic carbocycles. The van der Waals surface area contributed by atoms with Gasteiger partial charge in [0.2, 0.25) is 0 Å². The molecular weight excluding hydrogens is 207 g/mol. The Balaban J connectivity index is 3.12. The zero-order valence-electron chi connectivity index (χ0n) is 3.37. The van der Waals surface area contributed by atoms with Gasteiger partial charge >= 0.3 is 0 Å². The first kappa shape index (κ1) is 4.82. The van der Waals surface area contributed by atoms with E-state index in [0.717, 1.165) is 3.70 Å². The third-order valence-electron chi connectivity index (χ3n) is 0.531. The smallest absolute Gasteiger partial charge is 0.142 e. The van der Waals surface area contributed by atoms with E-state index >= 15 is 0 Å². The second-order valence-corrected chi connectivity index (χ2v) is 2.11. The second kappa shape index (κ2) is 1.65. The van der Waals surface area contributed by atoms with E-state index in [9.17, 15) is 0 Å². The second-order valence-electron chi connectivity index (χ2n) is 1.00. The van der Waals surface area contributed by atoms with E-state index in [1.165, 1.54) is 4.79 Å². The molecule has 0 unspecified atom stereocenters. The number of hydrogen-bond acceptors (Lipinski definition) is 3. The summed E-state index contributed by atoms with van der Waals surface area (Å²) >= 11 is 2.03. The number of halogens is 1. The van der Waals surface area contributed by atoms with Gasteiger partial charge in [-0.3, -0.25) is 0 Å². The van der Waals surface area contributed by atoms with Gasteiger partial charge in [-0.2, -0.15) is 4.79 Å². The molecule has 0 bridgehead atoms. The Bertz CT molecular complexity index is 142. The molecule has 0 amide bonds. The predicted octanol–water partition coefficient (Wildman–Crippen LogP) is -0.404. The molecule has 0 radical (unpaired) electrons. The molecule has 1 heterocycles. The van der Waals surface area contributed by atoms with Crippen LogP contribution in [0.15, 0.2) is 6.20 Å². The van der Waals surface area contributed by atoms with Crippen molar-refractivity contribution in [1.29, 1.82) is 0 Å². The SMILES string of the molecule is Nn1nncc1I. The lowest BCUT2D eigenvalue weighted by atomic mass is 11.0. The summed E-state index contributed by atoms with van der Waals surface area (Å²) in [5.41, 5.74) is 0. The van der Waals surface area contributed by atoms with Crippen molar-refractivity contribution in [2.24, 2.45) is 0 Å². The Morgan fingerprint density at radius 2 is 2.57 bits per heavy atom. The maximum Gasteiger partial charge on any atom is 0.142 e. The third-order valence-corrected chi connectivity index (χ3v) is 1.30. The Kier molecular flexibility index (Phi) is 1.13.